The molecule has 1 aliphatic rings. The fourth-order valence-electron chi connectivity index (χ4n) is 2.60. The number of ether oxygens (including phenoxy) is 3. The molecule has 0 fully saturated rings. The molecule has 0 aliphatic carbocycles. The Labute approximate surface area is 177 Å². The normalized spacial score (nSPS) is 14.8. The van der Waals surface area contributed by atoms with Crippen LogP contribution in [0.15, 0.2) is 51.6 Å². The largest absolute Gasteiger partial charge is 0.490 e. The Hall–Kier alpha value is -2.31. The number of carbonyl (C=O) groups excluding carboxylic acids is 1. The average molecular weight is 465 g/mol. The van der Waals surface area contributed by atoms with Crippen molar-refractivity contribution >= 4 is 45.5 Å². The number of esters is 1. The maximum Gasteiger partial charge on any atom is 0.363 e. The number of hydrogen-bond donors (Lipinski definition) is 0. The van der Waals surface area contributed by atoms with Gasteiger partial charge in [-0.2, -0.15) is 0 Å². The fraction of sp³-hybridized carbons (Fsp3) is 0.238. The maximum absolute atomic E-state index is 12.3. The Bertz CT molecular complexity index is 955. The first-order valence-electron chi connectivity index (χ1n) is 8.90. The van der Waals surface area contributed by atoms with E-state index >= 15 is 0 Å². The lowest BCUT2D eigenvalue weighted by Gasteiger charge is -2.14. The van der Waals surface area contributed by atoms with Crippen molar-refractivity contribution in [3.63, 3.8) is 0 Å². The van der Waals surface area contributed by atoms with Gasteiger partial charge in [-0.3, -0.25) is 0 Å². The maximum atomic E-state index is 12.3. The van der Waals surface area contributed by atoms with Gasteiger partial charge in [0.05, 0.1) is 28.3 Å². The minimum atomic E-state index is -0.532. The molecule has 0 bridgehead atoms. The summed E-state index contributed by atoms with van der Waals surface area (Å²) in [5.74, 6) is 0.892. The number of halogens is 2. The highest BCUT2D eigenvalue weighted by atomic mass is 79.9. The molecule has 0 N–H and O–H groups in total. The first-order chi connectivity index (χ1) is 13.5. The van der Waals surface area contributed by atoms with Crippen molar-refractivity contribution in [1.29, 1.82) is 0 Å². The molecule has 0 atom stereocenters. The Balaban J connectivity index is 1.96. The number of rotatable bonds is 7. The average Bonchev–Trinajstić information content (AvgIpc) is 3.02. The van der Waals surface area contributed by atoms with E-state index < -0.39 is 5.97 Å². The van der Waals surface area contributed by atoms with Crippen molar-refractivity contribution in [1.82, 2.24) is 0 Å². The van der Waals surface area contributed by atoms with Crippen molar-refractivity contribution in [2.24, 2.45) is 4.99 Å². The summed E-state index contributed by atoms with van der Waals surface area (Å²) in [6.07, 6.45) is 2.53. The van der Waals surface area contributed by atoms with Gasteiger partial charge in [-0.25, -0.2) is 9.79 Å². The van der Waals surface area contributed by atoms with Crippen LogP contribution < -0.4 is 9.47 Å². The Morgan fingerprint density at radius 3 is 2.71 bits per heavy atom. The SMILES string of the molecule is CCCOc1c(Br)cc(/C=C2\N=C(c3ccccc3Cl)OC2=O)cc1OCC. The van der Waals surface area contributed by atoms with Gasteiger partial charge in [0.1, 0.15) is 0 Å². The number of carbonyl (C=O) groups is 1. The van der Waals surface area contributed by atoms with Crippen molar-refractivity contribution in [2.45, 2.75) is 20.3 Å². The third-order valence-electron chi connectivity index (χ3n) is 3.81. The molecule has 5 nitrogen and oxygen atoms in total. The van der Waals surface area contributed by atoms with Gasteiger partial charge < -0.3 is 14.2 Å². The number of hydrogen-bond acceptors (Lipinski definition) is 5. The molecule has 28 heavy (non-hydrogen) atoms. The van der Waals surface area contributed by atoms with Gasteiger partial charge >= 0.3 is 5.97 Å². The van der Waals surface area contributed by atoms with E-state index in [1.807, 2.05) is 26.0 Å². The van der Waals surface area contributed by atoms with Crippen molar-refractivity contribution in [2.75, 3.05) is 13.2 Å². The van der Waals surface area contributed by atoms with Crippen LogP contribution in [0.3, 0.4) is 0 Å². The summed E-state index contributed by atoms with van der Waals surface area (Å²) in [6.45, 7) is 5.01. The molecule has 1 heterocycles. The molecule has 2 aromatic rings. The van der Waals surface area contributed by atoms with Crippen LogP contribution in [0.2, 0.25) is 5.02 Å². The van der Waals surface area contributed by atoms with Crippen molar-refractivity contribution < 1.29 is 19.0 Å². The zero-order chi connectivity index (χ0) is 20.1. The van der Waals surface area contributed by atoms with Gasteiger partial charge in [0.25, 0.3) is 0 Å². The molecule has 1 aliphatic heterocycles. The van der Waals surface area contributed by atoms with Crippen LogP contribution in [0.25, 0.3) is 6.08 Å². The second-order valence-corrected chi connectivity index (χ2v) is 7.19. The predicted octanol–water partition coefficient (Wildman–Crippen LogP) is 5.63. The van der Waals surface area contributed by atoms with Crippen LogP contribution in [-0.4, -0.2) is 25.1 Å². The molecule has 146 valence electrons. The third kappa shape index (κ3) is 4.56. The van der Waals surface area contributed by atoms with E-state index in [4.69, 9.17) is 25.8 Å². The van der Waals surface area contributed by atoms with Crippen molar-refractivity contribution in [3.8, 4) is 11.5 Å². The van der Waals surface area contributed by atoms with Crippen LogP contribution in [0.1, 0.15) is 31.4 Å². The first-order valence-corrected chi connectivity index (χ1v) is 10.1. The summed E-state index contributed by atoms with van der Waals surface area (Å²) < 4.78 is 17.5. The number of benzene rings is 2. The van der Waals surface area contributed by atoms with Crippen LogP contribution in [0.4, 0.5) is 0 Å². The van der Waals surface area contributed by atoms with Crippen molar-refractivity contribution in [3.05, 3.63) is 62.7 Å². The predicted molar refractivity (Wildman–Crippen MR) is 113 cm³/mol. The molecule has 0 amide bonds. The van der Waals surface area contributed by atoms with E-state index in [0.717, 1.165) is 16.5 Å². The molecule has 0 aromatic heterocycles. The van der Waals surface area contributed by atoms with Crippen LogP contribution in [0, 0.1) is 0 Å². The summed E-state index contributed by atoms with van der Waals surface area (Å²) in [4.78, 5) is 16.6. The Kier molecular flexibility index (Phi) is 6.75. The van der Waals surface area contributed by atoms with Gasteiger partial charge in [-0.1, -0.05) is 30.7 Å². The summed E-state index contributed by atoms with van der Waals surface area (Å²) >= 11 is 9.68. The number of cyclic esters (lactones) is 1. The number of aliphatic imine (C=N–C) groups is 1. The highest BCUT2D eigenvalue weighted by molar-refractivity contribution is 9.10. The highest BCUT2D eigenvalue weighted by Crippen LogP contribution is 2.38. The lowest BCUT2D eigenvalue weighted by Crippen LogP contribution is -2.05. The molecule has 0 radical (unpaired) electrons. The third-order valence-corrected chi connectivity index (χ3v) is 4.73. The molecule has 0 unspecified atom stereocenters. The van der Waals surface area contributed by atoms with Crippen LogP contribution >= 0.6 is 27.5 Å². The molecule has 3 rings (SSSR count). The zero-order valence-corrected chi connectivity index (χ0v) is 17.8. The minimum Gasteiger partial charge on any atom is -0.490 e. The van der Waals surface area contributed by atoms with E-state index in [9.17, 15) is 4.79 Å². The summed E-state index contributed by atoms with van der Waals surface area (Å²) in [6, 6.07) is 10.7. The number of nitrogens with zero attached hydrogens (tertiary/aromatic N) is 1. The van der Waals surface area contributed by atoms with Gasteiger partial charge in [0, 0.05) is 0 Å². The molecular weight excluding hydrogens is 446 g/mol. The lowest BCUT2D eigenvalue weighted by molar-refractivity contribution is -0.129. The Morgan fingerprint density at radius 2 is 2.00 bits per heavy atom. The molecule has 7 heteroatoms. The second-order valence-electron chi connectivity index (χ2n) is 5.93. The van der Waals surface area contributed by atoms with E-state index in [1.165, 1.54) is 0 Å². The first kappa shape index (κ1) is 20.4. The quantitative estimate of drug-likeness (QED) is 0.393. The second kappa shape index (κ2) is 9.26. The smallest absolute Gasteiger partial charge is 0.363 e. The van der Waals surface area contributed by atoms with E-state index in [1.54, 1.807) is 30.3 Å². The van der Waals surface area contributed by atoms with Gasteiger partial charge in [-0.05, 0) is 65.2 Å². The highest BCUT2D eigenvalue weighted by Gasteiger charge is 2.25. The monoisotopic (exact) mass is 463 g/mol. The van der Waals surface area contributed by atoms with E-state index in [2.05, 4.69) is 20.9 Å². The summed E-state index contributed by atoms with van der Waals surface area (Å²) in [5, 5.41) is 0.467. The summed E-state index contributed by atoms with van der Waals surface area (Å²) in [7, 11) is 0. The summed E-state index contributed by atoms with van der Waals surface area (Å²) in [5.41, 5.74) is 1.49. The van der Waals surface area contributed by atoms with Gasteiger partial charge in [0.2, 0.25) is 5.90 Å². The molecule has 2 aromatic carbocycles. The standard InChI is InChI=1S/C21H19BrClNO4/c1-3-9-27-19-15(22)10-13(12-18(19)26-4-2)11-17-21(25)28-20(24-17)14-7-5-6-8-16(14)23/h5-8,10-12H,3-4,9H2,1-2H3/b17-11-. The van der Waals surface area contributed by atoms with Crippen LogP contribution in [-0.2, 0) is 9.53 Å². The lowest BCUT2D eigenvalue weighted by atomic mass is 10.1. The molecule has 0 saturated heterocycles. The minimum absolute atomic E-state index is 0.187. The van der Waals surface area contributed by atoms with E-state index in [-0.39, 0.29) is 11.6 Å². The fourth-order valence-corrected chi connectivity index (χ4v) is 3.39. The molecule has 0 saturated carbocycles. The van der Waals surface area contributed by atoms with Crippen LogP contribution in [0.5, 0.6) is 11.5 Å². The van der Waals surface area contributed by atoms with E-state index in [0.29, 0.717) is 35.3 Å². The molecule has 0 spiro atoms. The molecular formula is C21H19BrClNO4. The Morgan fingerprint density at radius 1 is 1.21 bits per heavy atom. The topological polar surface area (TPSA) is 57.1 Å². The zero-order valence-electron chi connectivity index (χ0n) is 15.5. The van der Waals surface area contributed by atoms with Gasteiger partial charge in [0.15, 0.2) is 17.2 Å². The van der Waals surface area contributed by atoms with Gasteiger partial charge in [-0.15, -0.1) is 0 Å².